The van der Waals surface area contributed by atoms with Crippen LogP contribution in [0.1, 0.15) is 153 Å². The van der Waals surface area contributed by atoms with Gasteiger partial charge in [-0.15, -0.1) is 92.2 Å². The number of hydrogen-bond acceptors (Lipinski definition) is 5. The van der Waals surface area contributed by atoms with Crippen molar-refractivity contribution in [1.82, 2.24) is 29.9 Å². The van der Waals surface area contributed by atoms with E-state index in [4.69, 9.17) is 25.0 Å². The molecule has 1 N–H and O–H groups in total. The third-order valence-electron chi connectivity index (χ3n) is 14.3. The number of aliphatic hydroxyl groups is 1. The van der Waals surface area contributed by atoms with Gasteiger partial charge >= 0.3 is 21.1 Å². The van der Waals surface area contributed by atoms with Crippen molar-refractivity contribution in [2.45, 2.75) is 131 Å². The summed E-state index contributed by atoms with van der Waals surface area (Å²) < 4.78 is 0. The van der Waals surface area contributed by atoms with Gasteiger partial charge in [0.15, 0.2) is 5.78 Å². The molecule has 1 atom stereocenters. The summed E-state index contributed by atoms with van der Waals surface area (Å²) in [5, 5.41) is 15.4. The Bertz CT molecular complexity index is 3530. The van der Waals surface area contributed by atoms with Crippen molar-refractivity contribution < 1.29 is 71.2 Å². The van der Waals surface area contributed by atoms with Gasteiger partial charge in [0.05, 0.1) is 5.76 Å². The molecule has 0 saturated carbocycles. The molecular weight excluding hydrogens is 1560 g/mol. The van der Waals surface area contributed by atoms with Crippen LogP contribution in [0.5, 0.6) is 0 Å². The van der Waals surface area contributed by atoms with Gasteiger partial charge in [0.2, 0.25) is 0 Å². The third kappa shape index (κ3) is 15.5. The molecule has 11 rings (SSSR count). The molecule has 1 unspecified atom stereocenters. The standard InChI is InChI=1S/C36H44N4.C15H10N.C13H10NS.C5H8O2.2Ir.Pt/c1-9-21-22(10-2)30-18-32-25(13-5)26(14-6)34(39-32)20-36-28(16-8)27(15-7)35(40-36)19-33-24(12-4)23(11-3)31(38-33)17-29(21)37-30;1-2-7-13(8-3-1)15-14-9-5-4-6-12(14)10-11-16-15;1-2-7-12-10(5-1)9-13(15-12)11-6-3-4-8-14-11;1-4(6)3-5(2)7;;;/h17-20H,9-16H2,1-8H3;1-7,9-11H;1-9,13H;3,6H,1-2H3;;;/q-4;2*-1;;;;+4. The molecule has 0 spiro atoms. The molecule has 2 aliphatic heterocycles. The molecule has 8 heterocycles. The zero-order valence-corrected chi connectivity index (χ0v) is 55.9. The third-order valence-corrected chi connectivity index (χ3v) is 15.6. The fraction of sp³-hybridized carbons (Fsp3) is 0.275. The fourth-order valence-electron chi connectivity index (χ4n) is 10.8. The van der Waals surface area contributed by atoms with Gasteiger partial charge in [-0.2, -0.15) is 29.8 Å². The largest absolute Gasteiger partial charge is 4.00 e. The van der Waals surface area contributed by atoms with Crippen molar-refractivity contribution in [3.63, 3.8) is 0 Å². The van der Waals surface area contributed by atoms with Crippen LogP contribution >= 0.6 is 11.8 Å². The van der Waals surface area contributed by atoms with Crippen LogP contribution in [0.25, 0.3) is 46.3 Å². The number of benzene rings is 3. The van der Waals surface area contributed by atoms with E-state index in [2.05, 4.69) is 145 Å². The van der Waals surface area contributed by atoms with Crippen molar-refractivity contribution in [2.75, 3.05) is 0 Å². The molecular formula is C69H72Ir2N6O2PtS-2. The Hall–Kier alpha value is -5.76. The monoisotopic (exact) mass is 1630 g/mol. The number of pyridine rings is 2. The number of ketones is 1. The van der Waals surface area contributed by atoms with Crippen LogP contribution < -0.4 is 41.3 Å². The zero-order valence-electron chi connectivity index (χ0n) is 48.0. The molecule has 426 valence electrons. The van der Waals surface area contributed by atoms with E-state index in [0.717, 1.165) is 112 Å². The summed E-state index contributed by atoms with van der Waals surface area (Å²) in [5.74, 6) is -0.0625. The minimum atomic E-state index is -0.125. The normalized spacial score (nSPS) is 12.7. The second-order valence-electron chi connectivity index (χ2n) is 19.3. The number of nitrogens with zero attached hydrogens (tertiary/aromatic N) is 6. The molecule has 0 aliphatic carbocycles. The number of allylic oxidation sites excluding steroid dienone is 2. The van der Waals surface area contributed by atoms with Crippen molar-refractivity contribution in [3.05, 3.63) is 234 Å². The minimum absolute atomic E-state index is 0. The number of fused-ring (bicyclic) bond motifs is 10. The quantitative estimate of drug-likeness (QED) is 0.0767. The van der Waals surface area contributed by atoms with Gasteiger partial charge in [-0.05, 0) is 99.9 Å². The van der Waals surface area contributed by atoms with Crippen LogP contribution in [0, 0.1) is 12.5 Å². The Morgan fingerprint density at radius 1 is 0.556 bits per heavy atom. The van der Waals surface area contributed by atoms with Crippen LogP contribution in [-0.4, -0.2) is 20.9 Å². The number of carbonyl (C=O) groups excluding carboxylic acids is 1. The molecule has 0 fully saturated rings. The van der Waals surface area contributed by atoms with Gasteiger partial charge in [-0.1, -0.05) is 165 Å². The van der Waals surface area contributed by atoms with Gasteiger partial charge in [0, 0.05) is 69.6 Å². The summed E-state index contributed by atoms with van der Waals surface area (Å²) in [4.78, 5) is 41.2. The maximum Gasteiger partial charge on any atom is 4.00 e. The van der Waals surface area contributed by atoms with Gasteiger partial charge in [0.1, 0.15) is 0 Å². The first-order chi connectivity index (χ1) is 38.0. The summed E-state index contributed by atoms with van der Waals surface area (Å²) in [6.45, 7) is 20.8. The molecule has 8 bridgehead atoms. The Balaban J connectivity index is 0.000000239. The van der Waals surface area contributed by atoms with Gasteiger partial charge in [-0.3, -0.25) is 9.78 Å². The Morgan fingerprint density at radius 2 is 1.01 bits per heavy atom. The molecule has 3 aromatic carbocycles. The van der Waals surface area contributed by atoms with Gasteiger partial charge < -0.3 is 30.0 Å². The van der Waals surface area contributed by atoms with Crippen molar-refractivity contribution in [2.24, 2.45) is 0 Å². The number of hydrogen-bond donors (Lipinski definition) is 1. The molecule has 0 amide bonds. The maximum atomic E-state index is 10.0. The van der Waals surface area contributed by atoms with Crippen LogP contribution in [0.2, 0.25) is 0 Å². The first-order valence-electron chi connectivity index (χ1n) is 27.8. The van der Waals surface area contributed by atoms with E-state index in [9.17, 15) is 4.79 Å². The summed E-state index contributed by atoms with van der Waals surface area (Å²) in [6.07, 6.45) is 23.7. The second-order valence-corrected chi connectivity index (χ2v) is 20.5. The number of carbonyl (C=O) groups is 1. The number of aromatic nitrogens is 6. The summed E-state index contributed by atoms with van der Waals surface area (Å²) in [5.41, 5.74) is 19.4. The van der Waals surface area contributed by atoms with E-state index in [1.807, 2.05) is 78.8 Å². The van der Waals surface area contributed by atoms with E-state index in [1.54, 1.807) is 0 Å². The zero-order chi connectivity index (χ0) is 55.3. The minimum Gasteiger partial charge on any atom is -0.657 e. The van der Waals surface area contributed by atoms with Crippen LogP contribution in [-0.2, 0) is 117 Å². The van der Waals surface area contributed by atoms with Crippen LogP contribution in [0.4, 0.5) is 0 Å². The summed E-state index contributed by atoms with van der Waals surface area (Å²) in [7, 11) is 0. The predicted molar refractivity (Wildman–Crippen MR) is 323 cm³/mol. The average Bonchev–Trinajstić information content (AvgIpc) is 4.30. The average molecular weight is 1630 g/mol. The maximum absolute atomic E-state index is 10.0. The summed E-state index contributed by atoms with van der Waals surface area (Å²) >= 11 is 1.87. The molecule has 81 heavy (non-hydrogen) atoms. The number of thioether (sulfide) groups is 1. The molecule has 6 aromatic heterocycles. The Morgan fingerprint density at radius 3 is 1.42 bits per heavy atom. The predicted octanol–water partition coefficient (Wildman–Crippen LogP) is 11.9. The molecule has 2 radical (unpaired) electrons. The van der Waals surface area contributed by atoms with Crippen molar-refractivity contribution in [1.29, 1.82) is 0 Å². The van der Waals surface area contributed by atoms with E-state index in [-0.39, 0.29) is 72.8 Å². The Labute approximate surface area is 525 Å². The molecule has 0 saturated heterocycles. The Kier molecular flexibility index (Phi) is 25.8. The van der Waals surface area contributed by atoms with E-state index >= 15 is 0 Å². The SMILES string of the molecule is CC(=O)C=C(C)O.CCc1c2[n-]c(c1CC)C=c1[n-]c(c(CC)c1CC)=Cc1[n-]c(c(CC)c1CC)C=c1[n-]c(c(CC)c1CC)=C2.[Ir].[Ir].[Pt+4].[c-]1ccccc1-c1nccc2ccccc12.c1ccc(C2[CH-]c3ccccc3S2)nc1. The first kappa shape index (κ1) is 66.0. The molecule has 8 nitrogen and oxygen atoms in total. The topological polar surface area (TPSA) is 119 Å². The van der Waals surface area contributed by atoms with Crippen LogP contribution in [0.15, 0.2) is 126 Å². The van der Waals surface area contributed by atoms with Crippen molar-refractivity contribution in [3.8, 4) is 11.3 Å². The van der Waals surface area contributed by atoms with E-state index < -0.39 is 0 Å². The van der Waals surface area contributed by atoms with Gasteiger partial charge in [-0.25, -0.2) is 0 Å². The van der Waals surface area contributed by atoms with Crippen LogP contribution in [0.3, 0.4) is 0 Å². The molecule has 12 heteroatoms. The smallest absolute Gasteiger partial charge is 0.657 e. The first-order valence-corrected chi connectivity index (χ1v) is 28.7. The second kappa shape index (κ2) is 31.6. The van der Waals surface area contributed by atoms with Gasteiger partial charge in [0.25, 0.3) is 0 Å². The number of aliphatic hydroxyl groups excluding tert-OH is 1. The molecule has 9 aromatic rings. The molecule has 2 aliphatic rings. The van der Waals surface area contributed by atoms with E-state index in [1.165, 1.54) is 85.7 Å². The van der Waals surface area contributed by atoms with Crippen molar-refractivity contribution >= 4 is 52.6 Å². The fourth-order valence-corrected chi connectivity index (χ4v) is 12.0. The number of rotatable bonds is 11. The summed E-state index contributed by atoms with van der Waals surface area (Å²) in [6, 6.07) is 36.0. The van der Waals surface area contributed by atoms with E-state index in [0.29, 0.717) is 5.25 Å².